The maximum atomic E-state index is 10.4. The number of benzene rings is 1. The lowest BCUT2D eigenvalue weighted by Gasteiger charge is -2.15. The lowest BCUT2D eigenvalue weighted by Crippen LogP contribution is -2.05. The fraction of sp³-hybridized carbons (Fsp3) is 0.438. The molecular formula is C16H19NOS. The number of pyridine rings is 1. The van der Waals surface area contributed by atoms with Crippen LogP contribution < -0.4 is 0 Å². The smallest absolute Gasteiger partial charge is 0.0887 e. The Bertz CT molecular complexity index is 546. The van der Waals surface area contributed by atoms with E-state index < -0.39 is 6.10 Å². The standard InChI is InChI=1S/C16H19NOS/c18-16(11-19-12-5-1-2-6-12)14-7-3-9-15-13(14)8-4-10-17-15/h3-4,7-10,12,16,18H,1-2,5-6,11H2. The molecule has 1 unspecified atom stereocenters. The Morgan fingerprint density at radius 2 is 2.05 bits per heavy atom. The highest BCUT2D eigenvalue weighted by Crippen LogP contribution is 2.33. The molecule has 100 valence electrons. The number of hydrogen-bond donors (Lipinski definition) is 1. The van der Waals surface area contributed by atoms with Gasteiger partial charge in [0, 0.05) is 22.6 Å². The summed E-state index contributed by atoms with van der Waals surface area (Å²) in [5, 5.41) is 12.3. The van der Waals surface area contributed by atoms with Crippen molar-refractivity contribution >= 4 is 22.7 Å². The van der Waals surface area contributed by atoms with E-state index in [0.29, 0.717) is 0 Å². The van der Waals surface area contributed by atoms with E-state index in [1.807, 2.05) is 42.1 Å². The Hall–Kier alpha value is -1.06. The maximum absolute atomic E-state index is 10.4. The first-order chi connectivity index (χ1) is 9.34. The number of nitrogens with zero attached hydrogens (tertiary/aromatic N) is 1. The minimum Gasteiger partial charge on any atom is -0.388 e. The third-order valence-corrected chi connectivity index (χ3v) is 5.28. The molecule has 0 spiro atoms. The third-order valence-electron chi connectivity index (χ3n) is 3.83. The van der Waals surface area contributed by atoms with Crippen molar-refractivity contribution in [1.29, 1.82) is 0 Å². The number of hydrogen-bond acceptors (Lipinski definition) is 3. The van der Waals surface area contributed by atoms with Crippen molar-refractivity contribution in [3.05, 3.63) is 42.1 Å². The van der Waals surface area contributed by atoms with Crippen LogP contribution >= 0.6 is 11.8 Å². The molecule has 1 aliphatic rings. The number of aromatic nitrogens is 1. The molecule has 1 atom stereocenters. The Morgan fingerprint density at radius 1 is 1.21 bits per heavy atom. The SMILES string of the molecule is OC(CSC1CCCC1)c1cccc2ncccc12. The molecule has 0 amide bonds. The van der Waals surface area contributed by atoms with Gasteiger partial charge in [-0.15, -0.1) is 0 Å². The maximum Gasteiger partial charge on any atom is 0.0887 e. The number of thioether (sulfide) groups is 1. The van der Waals surface area contributed by atoms with E-state index in [2.05, 4.69) is 4.98 Å². The topological polar surface area (TPSA) is 33.1 Å². The molecule has 1 aliphatic carbocycles. The van der Waals surface area contributed by atoms with E-state index in [0.717, 1.165) is 27.5 Å². The predicted octanol–water partition coefficient (Wildman–Crippen LogP) is 3.94. The molecule has 2 aromatic rings. The molecule has 1 saturated carbocycles. The van der Waals surface area contributed by atoms with Gasteiger partial charge in [0.05, 0.1) is 11.6 Å². The van der Waals surface area contributed by atoms with Crippen LogP contribution in [0.4, 0.5) is 0 Å². The highest BCUT2D eigenvalue weighted by atomic mass is 32.2. The van der Waals surface area contributed by atoms with Gasteiger partial charge in [-0.1, -0.05) is 31.0 Å². The van der Waals surface area contributed by atoms with Gasteiger partial charge in [0.25, 0.3) is 0 Å². The first-order valence-corrected chi connectivity index (χ1v) is 8.03. The third kappa shape index (κ3) is 2.93. The largest absolute Gasteiger partial charge is 0.388 e. The van der Waals surface area contributed by atoms with Crippen molar-refractivity contribution < 1.29 is 5.11 Å². The summed E-state index contributed by atoms with van der Waals surface area (Å²) in [5.74, 6) is 0.790. The predicted molar refractivity (Wildman–Crippen MR) is 81.4 cm³/mol. The Kier molecular flexibility index (Phi) is 4.04. The summed E-state index contributed by atoms with van der Waals surface area (Å²) >= 11 is 1.93. The highest BCUT2D eigenvalue weighted by Gasteiger charge is 2.18. The van der Waals surface area contributed by atoms with Gasteiger partial charge >= 0.3 is 0 Å². The molecule has 1 N–H and O–H groups in total. The molecule has 1 aromatic heterocycles. The van der Waals surface area contributed by atoms with E-state index in [4.69, 9.17) is 0 Å². The van der Waals surface area contributed by atoms with Crippen molar-refractivity contribution in [3.63, 3.8) is 0 Å². The summed E-state index contributed by atoms with van der Waals surface area (Å²) in [6.45, 7) is 0. The molecule has 19 heavy (non-hydrogen) atoms. The Morgan fingerprint density at radius 3 is 2.89 bits per heavy atom. The molecule has 0 aliphatic heterocycles. The zero-order chi connectivity index (χ0) is 13.1. The second-order valence-corrected chi connectivity index (χ2v) is 6.51. The van der Waals surface area contributed by atoms with Crippen molar-refractivity contribution in [1.82, 2.24) is 4.98 Å². The van der Waals surface area contributed by atoms with Crippen LogP contribution in [0.25, 0.3) is 10.9 Å². The molecule has 0 radical (unpaired) electrons. The zero-order valence-electron chi connectivity index (χ0n) is 11.0. The molecule has 2 nitrogen and oxygen atoms in total. The number of aliphatic hydroxyl groups excluding tert-OH is 1. The minimum absolute atomic E-state index is 0.390. The van der Waals surface area contributed by atoms with Crippen LogP contribution in [0.2, 0.25) is 0 Å². The van der Waals surface area contributed by atoms with Crippen LogP contribution in [0, 0.1) is 0 Å². The van der Waals surface area contributed by atoms with Gasteiger partial charge in [-0.05, 0) is 30.5 Å². The number of fused-ring (bicyclic) bond motifs is 1. The van der Waals surface area contributed by atoms with E-state index in [9.17, 15) is 5.11 Å². The summed E-state index contributed by atoms with van der Waals surface area (Å²) in [6, 6.07) is 9.97. The summed E-state index contributed by atoms with van der Waals surface area (Å²) in [5.41, 5.74) is 1.97. The van der Waals surface area contributed by atoms with Gasteiger partial charge in [-0.3, -0.25) is 4.98 Å². The average Bonchev–Trinajstić information content (AvgIpc) is 2.97. The highest BCUT2D eigenvalue weighted by molar-refractivity contribution is 7.99. The van der Waals surface area contributed by atoms with Crippen molar-refractivity contribution in [2.24, 2.45) is 0 Å². The lowest BCUT2D eigenvalue weighted by atomic mass is 10.0. The molecule has 0 saturated heterocycles. The molecule has 0 bridgehead atoms. The van der Waals surface area contributed by atoms with Crippen molar-refractivity contribution in [2.75, 3.05) is 5.75 Å². The fourth-order valence-corrected chi connectivity index (χ4v) is 4.09. The van der Waals surface area contributed by atoms with Gasteiger partial charge in [-0.2, -0.15) is 11.8 Å². The Balaban J connectivity index is 1.75. The first-order valence-electron chi connectivity index (χ1n) is 6.98. The molecular weight excluding hydrogens is 254 g/mol. The van der Waals surface area contributed by atoms with E-state index in [1.165, 1.54) is 25.7 Å². The molecule has 3 rings (SSSR count). The lowest BCUT2D eigenvalue weighted by molar-refractivity contribution is 0.205. The number of aliphatic hydroxyl groups is 1. The van der Waals surface area contributed by atoms with E-state index >= 15 is 0 Å². The zero-order valence-corrected chi connectivity index (χ0v) is 11.8. The normalized spacial score (nSPS) is 17.9. The molecule has 1 fully saturated rings. The van der Waals surface area contributed by atoms with Crippen LogP contribution in [0.3, 0.4) is 0 Å². The van der Waals surface area contributed by atoms with Gasteiger partial charge in [0.15, 0.2) is 0 Å². The van der Waals surface area contributed by atoms with E-state index in [-0.39, 0.29) is 0 Å². The second kappa shape index (κ2) is 5.93. The van der Waals surface area contributed by atoms with Crippen LogP contribution in [-0.4, -0.2) is 21.1 Å². The van der Waals surface area contributed by atoms with Crippen LogP contribution in [0.1, 0.15) is 37.4 Å². The number of rotatable bonds is 4. The van der Waals surface area contributed by atoms with Crippen molar-refractivity contribution in [3.8, 4) is 0 Å². The van der Waals surface area contributed by atoms with Gasteiger partial charge in [0.1, 0.15) is 0 Å². The quantitative estimate of drug-likeness (QED) is 0.916. The summed E-state index contributed by atoms with van der Waals surface area (Å²) in [6.07, 6.45) is 6.74. The summed E-state index contributed by atoms with van der Waals surface area (Å²) in [7, 11) is 0. The fourth-order valence-electron chi connectivity index (χ4n) is 2.79. The molecule has 1 aromatic carbocycles. The molecule has 1 heterocycles. The minimum atomic E-state index is -0.390. The first kappa shape index (κ1) is 12.9. The van der Waals surface area contributed by atoms with Gasteiger partial charge in [0.2, 0.25) is 0 Å². The van der Waals surface area contributed by atoms with E-state index in [1.54, 1.807) is 6.20 Å². The molecule has 3 heteroatoms. The van der Waals surface area contributed by atoms with Crippen LogP contribution in [0.5, 0.6) is 0 Å². The van der Waals surface area contributed by atoms with Gasteiger partial charge < -0.3 is 5.11 Å². The summed E-state index contributed by atoms with van der Waals surface area (Å²) in [4.78, 5) is 4.34. The van der Waals surface area contributed by atoms with Crippen LogP contribution in [-0.2, 0) is 0 Å². The monoisotopic (exact) mass is 273 g/mol. The average molecular weight is 273 g/mol. The summed E-state index contributed by atoms with van der Waals surface area (Å²) < 4.78 is 0. The van der Waals surface area contributed by atoms with Crippen molar-refractivity contribution in [2.45, 2.75) is 37.0 Å². The second-order valence-electron chi connectivity index (χ2n) is 5.17. The van der Waals surface area contributed by atoms with Crippen LogP contribution in [0.15, 0.2) is 36.5 Å². The Labute approximate surface area is 118 Å². The van der Waals surface area contributed by atoms with Gasteiger partial charge in [-0.25, -0.2) is 0 Å².